The molecule has 0 aliphatic heterocycles. The number of fused-ring (bicyclic) bond motifs is 3. The topological polar surface area (TPSA) is 43.6 Å². The number of aromatic nitrogens is 4. The first-order chi connectivity index (χ1) is 27.3. The van der Waals surface area contributed by atoms with Gasteiger partial charge in [0.2, 0.25) is 5.95 Å². The van der Waals surface area contributed by atoms with E-state index in [9.17, 15) is 0 Å². The largest absolute Gasteiger partial charge is 0.278 e. The van der Waals surface area contributed by atoms with Crippen molar-refractivity contribution in [3.63, 3.8) is 0 Å². The van der Waals surface area contributed by atoms with Crippen LogP contribution in [0.5, 0.6) is 0 Å². The molecule has 2 aromatic heterocycles. The summed E-state index contributed by atoms with van der Waals surface area (Å²) in [6, 6.07) is 72.3. The standard InChI is InChI=1S/C51H34N4/c1-5-16-35(17-6-1)38-28-30-39(31-29-38)45-33-43(37-20-9-3-10-21-37)34-47-48(45)44-26-13-14-27-46(44)55(47)51-53-49(40-22-11-4-12-23-40)52-50(54-51)42-25-15-24-41(32-42)36-18-7-2-8-19-36/h1-34H. The second-order valence-electron chi connectivity index (χ2n) is 13.7. The lowest BCUT2D eigenvalue weighted by Gasteiger charge is -2.13. The molecule has 0 fully saturated rings. The second-order valence-corrected chi connectivity index (χ2v) is 13.7. The Bertz CT molecular complexity index is 2940. The summed E-state index contributed by atoms with van der Waals surface area (Å²) in [5, 5.41) is 2.28. The molecule has 0 aliphatic rings. The maximum atomic E-state index is 5.30. The Balaban J connectivity index is 1.24. The molecule has 0 bridgehead atoms. The van der Waals surface area contributed by atoms with Gasteiger partial charge >= 0.3 is 0 Å². The average molecular weight is 703 g/mol. The van der Waals surface area contributed by atoms with Crippen LogP contribution in [0.2, 0.25) is 0 Å². The maximum Gasteiger partial charge on any atom is 0.238 e. The highest BCUT2D eigenvalue weighted by Crippen LogP contribution is 2.42. The maximum absolute atomic E-state index is 5.30. The summed E-state index contributed by atoms with van der Waals surface area (Å²) in [6.07, 6.45) is 0. The van der Waals surface area contributed by atoms with Gasteiger partial charge in [0.25, 0.3) is 0 Å². The first-order valence-electron chi connectivity index (χ1n) is 18.5. The minimum atomic E-state index is 0.566. The van der Waals surface area contributed by atoms with Gasteiger partial charge < -0.3 is 0 Å². The van der Waals surface area contributed by atoms with Crippen LogP contribution in [0, 0.1) is 0 Å². The van der Waals surface area contributed by atoms with Gasteiger partial charge in [-0.05, 0) is 68.8 Å². The zero-order valence-electron chi connectivity index (χ0n) is 29.9. The van der Waals surface area contributed by atoms with Gasteiger partial charge in [0.05, 0.1) is 11.0 Å². The van der Waals surface area contributed by atoms with Crippen molar-refractivity contribution in [1.82, 2.24) is 19.5 Å². The van der Waals surface area contributed by atoms with Gasteiger partial charge in [0.1, 0.15) is 0 Å². The molecule has 0 saturated heterocycles. The van der Waals surface area contributed by atoms with Crippen LogP contribution in [0.25, 0.3) is 95.0 Å². The van der Waals surface area contributed by atoms with Crippen LogP contribution in [0.1, 0.15) is 0 Å². The van der Waals surface area contributed by atoms with Crippen LogP contribution in [0.4, 0.5) is 0 Å². The lowest BCUT2D eigenvalue weighted by Crippen LogP contribution is -2.06. The molecule has 0 atom stereocenters. The van der Waals surface area contributed by atoms with E-state index in [0.29, 0.717) is 17.6 Å². The van der Waals surface area contributed by atoms with Crippen LogP contribution in [-0.4, -0.2) is 19.5 Å². The van der Waals surface area contributed by atoms with E-state index in [2.05, 4.69) is 187 Å². The number of benzene rings is 8. The monoisotopic (exact) mass is 702 g/mol. The molecule has 8 aromatic carbocycles. The van der Waals surface area contributed by atoms with Gasteiger partial charge in [-0.25, -0.2) is 4.98 Å². The molecule has 0 radical (unpaired) electrons. The fraction of sp³-hybridized carbons (Fsp3) is 0. The summed E-state index contributed by atoms with van der Waals surface area (Å²) in [5.41, 5.74) is 13.1. The quantitative estimate of drug-likeness (QED) is 0.166. The number of para-hydroxylation sites is 1. The Labute approximate surface area is 319 Å². The minimum absolute atomic E-state index is 0.566. The smallest absolute Gasteiger partial charge is 0.238 e. The fourth-order valence-corrected chi connectivity index (χ4v) is 7.59. The molecule has 10 rings (SSSR count). The molecule has 0 unspecified atom stereocenters. The Morgan fingerprint density at radius 2 is 0.764 bits per heavy atom. The number of hydrogen-bond acceptors (Lipinski definition) is 3. The number of hydrogen-bond donors (Lipinski definition) is 0. The van der Waals surface area contributed by atoms with Crippen LogP contribution < -0.4 is 0 Å². The fourth-order valence-electron chi connectivity index (χ4n) is 7.59. The molecule has 55 heavy (non-hydrogen) atoms. The lowest BCUT2D eigenvalue weighted by atomic mass is 9.93. The van der Waals surface area contributed by atoms with Crippen LogP contribution >= 0.6 is 0 Å². The van der Waals surface area contributed by atoms with Crippen molar-refractivity contribution in [2.45, 2.75) is 0 Å². The summed E-state index contributed by atoms with van der Waals surface area (Å²) >= 11 is 0. The second kappa shape index (κ2) is 13.8. The molecule has 258 valence electrons. The van der Waals surface area contributed by atoms with Crippen molar-refractivity contribution in [2.24, 2.45) is 0 Å². The first kappa shape index (κ1) is 32.2. The Morgan fingerprint density at radius 3 is 1.42 bits per heavy atom. The zero-order chi connectivity index (χ0) is 36.6. The molecule has 0 amide bonds. The van der Waals surface area contributed by atoms with Gasteiger partial charge in [-0.15, -0.1) is 0 Å². The first-order valence-corrected chi connectivity index (χ1v) is 18.5. The van der Waals surface area contributed by atoms with Crippen molar-refractivity contribution >= 4 is 21.8 Å². The van der Waals surface area contributed by atoms with E-state index in [4.69, 9.17) is 15.0 Å². The molecule has 0 N–H and O–H groups in total. The molecule has 0 saturated carbocycles. The van der Waals surface area contributed by atoms with E-state index < -0.39 is 0 Å². The molecule has 0 spiro atoms. The van der Waals surface area contributed by atoms with Crippen LogP contribution in [0.15, 0.2) is 206 Å². The summed E-state index contributed by atoms with van der Waals surface area (Å²) < 4.78 is 2.22. The summed E-state index contributed by atoms with van der Waals surface area (Å²) in [7, 11) is 0. The predicted molar refractivity (Wildman–Crippen MR) is 227 cm³/mol. The molecule has 2 heterocycles. The normalized spacial score (nSPS) is 11.3. The summed E-state index contributed by atoms with van der Waals surface area (Å²) in [4.78, 5) is 15.6. The molecule has 4 heteroatoms. The third-order valence-electron chi connectivity index (χ3n) is 10.3. The zero-order valence-corrected chi connectivity index (χ0v) is 29.9. The van der Waals surface area contributed by atoms with Gasteiger partial charge in [-0.2, -0.15) is 9.97 Å². The van der Waals surface area contributed by atoms with Gasteiger partial charge in [-0.1, -0.05) is 182 Å². The third kappa shape index (κ3) is 6.06. The molecule has 10 aromatic rings. The van der Waals surface area contributed by atoms with Crippen molar-refractivity contribution in [1.29, 1.82) is 0 Å². The highest BCUT2D eigenvalue weighted by atomic mass is 15.2. The average Bonchev–Trinajstić information content (AvgIpc) is 3.61. The Morgan fingerprint density at radius 1 is 0.291 bits per heavy atom. The Kier molecular flexibility index (Phi) is 8.12. The SMILES string of the molecule is c1ccc(-c2ccc(-c3cc(-c4ccccc4)cc4c3c3ccccc3n4-c3nc(-c4ccccc4)nc(-c4cccc(-c5ccccc5)c4)n3)cc2)cc1. The third-order valence-corrected chi connectivity index (χ3v) is 10.3. The van der Waals surface area contributed by atoms with Gasteiger partial charge in [0, 0.05) is 21.9 Å². The van der Waals surface area contributed by atoms with Crippen molar-refractivity contribution in [3.8, 4) is 73.2 Å². The highest BCUT2D eigenvalue weighted by Gasteiger charge is 2.21. The van der Waals surface area contributed by atoms with Gasteiger partial charge in [0.15, 0.2) is 11.6 Å². The molecular formula is C51H34N4. The van der Waals surface area contributed by atoms with E-state index in [1.54, 1.807) is 0 Å². The van der Waals surface area contributed by atoms with Crippen molar-refractivity contribution < 1.29 is 0 Å². The lowest BCUT2D eigenvalue weighted by molar-refractivity contribution is 0.953. The van der Waals surface area contributed by atoms with E-state index in [1.807, 2.05) is 24.3 Å². The number of nitrogens with zero attached hydrogens (tertiary/aromatic N) is 4. The van der Waals surface area contributed by atoms with E-state index >= 15 is 0 Å². The summed E-state index contributed by atoms with van der Waals surface area (Å²) in [6.45, 7) is 0. The van der Waals surface area contributed by atoms with Crippen LogP contribution in [0.3, 0.4) is 0 Å². The van der Waals surface area contributed by atoms with E-state index in [1.165, 1.54) is 11.1 Å². The van der Waals surface area contributed by atoms with E-state index in [0.717, 1.165) is 66.3 Å². The van der Waals surface area contributed by atoms with Crippen molar-refractivity contribution in [3.05, 3.63) is 206 Å². The predicted octanol–water partition coefficient (Wildman–Crippen LogP) is 13.0. The number of rotatable bonds is 7. The van der Waals surface area contributed by atoms with Crippen LogP contribution in [-0.2, 0) is 0 Å². The Hall–Kier alpha value is -7.43. The van der Waals surface area contributed by atoms with Gasteiger partial charge in [-0.3, -0.25) is 4.57 Å². The minimum Gasteiger partial charge on any atom is -0.278 e. The molecule has 0 aliphatic carbocycles. The van der Waals surface area contributed by atoms with E-state index in [-0.39, 0.29) is 0 Å². The molecular weight excluding hydrogens is 669 g/mol. The highest BCUT2D eigenvalue weighted by molar-refractivity contribution is 6.16. The van der Waals surface area contributed by atoms with Crippen molar-refractivity contribution in [2.75, 3.05) is 0 Å². The molecule has 4 nitrogen and oxygen atoms in total. The summed E-state index contributed by atoms with van der Waals surface area (Å²) in [5.74, 6) is 1.80.